The molecule has 1 N–H and O–H groups in total. The highest BCUT2D eigenvalue weighted by molar-refractivity contribution is 5.58. The van der Waals surface area contributed by atoms with Gasteiger partial charge in [0, 0.05) is 0 Å². The lowest BCUT2D eigenvalue weighted by Gasteiger charge is -2.38. The Morgan fingerprint density at radius 3 is 3.00 bits per heavy atom. The lowest BCUT2D eigenvalue weighted by atomic mass is 9.91. The van der Waals surface area contributed by atoms with Gasteiger partial charge in [0.15, 0.2) is 0 Å². The summed E-state index contributed by atoms with van der Waals surface area (Å²) in [7, 11) is 0. The van der Waals surface area contributed by atoms with Crippen molar-refractivity contribution in [2.24, 2.45) is 0 Å². The van der Waals surface area contributed by atoms with Crippen molar-refractivity contribution in [2.75, 3.05) is 5.32 Å². The van der Waals surface area contributed by atoms with E-state index in [0.29, 0.717) is 12.1 Å². The third-order valence-corrected chi connectivity index (χ3v) is 3.21. The molecule has 2 aliphatic rings. The van der Waals surface area contributed by atoms with Crippen molar-refractivity contribution in [3.8, 4) is 5.75 Å². The van der Waals surface area contributed by atoms with Gasteiger partial charge in [0.1, 0.15) is 11.9 Å². The number of hydrogen-bond donors (Lipinski definition) is 1. The van der Waals surface area contributed by atoms with Crippen LogP contribution < -0.4 is 10.1 Å². The van der Waals surface area contributed by atoms with Crippen LogP contribution >= 0.6 is 0 Å². The summed E-state index contributed by atoms with van der Waals surface area (Å²) in [4.78, 5) is 0. The van der Waals surface area contributed by atoms with Crippen molar-refractivity contribution in [1.82, 2.24) is 0 Å². The minimum atomic E-state index is 0.402. The van der Waals surface area contributed by atoms with Gasteiger partial charge in [0.2, 0.25) is 0 Å². The largest absolute Gasteiger partial charge is 0.486 e. The van der Waals surface area contributed by atoms with Crippen LogP contribution in [-0.4, -0.2) is 12.1 Å². The van der Waals surface area contributed by atoms with Crippen LogP contribution in [0.3, 0.4) is 0 Å². The molecule has 1 heterocycles. The summed E-state index contributed by atoms with van der Waals surface area (Å²) in [5.74, 6) is 1.02. The first-order valence-electron chi connectivity index (χ1n) is 5.46. The van der Waals surface area contributed by atoms with Gasteiger partial charge < -0.3 is 10.1 Å². The number of benzene rings is 1. The maximum Gasteiger partial charge on any atom is 0.142 e. The third-order valence-electron chi connectivity index (χ3n) is 3.21. The van der Waals surface area contributed by atoms with Crippen LogP contribution in [0.5, 0.6) is 5.75 Å². The number of anilines is 1. The van der Waals surface area contributed by atoms with Gasteiger partial charge in [-0.15, -0.1) is 0 Å². The fourth-order valence-electron chi connectivity index (χ4n) is 2.45. The van der Waals surface area contributed by atoms with Gasteiger partial charge in [-0.25, -0.2) is 0 Å². The molecule has 0 aromatic heterocycles. The highest BCUT2D eigenvalue weighted by Gasteiger charge is 2.31. The van der Waals surface area contributed by atoms with Crippen LogP contribution in [0.2, 0.25) is 0 Å². The Balaban J connectivity index is 1.91. The van der Waals surface area contributed by atoms with Crippen LogP contribution in [-0.2, 0) is 0 Å². The molecule has 0 saturated heterocycles. The molecule has 1 aromatic carbocycles. The second kappa shape index (κ2) is 3.19. The lowest BCUT2D eigenvalue weighted by Crippen LogP contribution is -2.43. The van der Waals surface area contributed by atoms with Gasteiger partial charge in [-0.2, -0.15) is 0 Å². The van der Waals surface area contributed by atoms with E-state index in [2.05, 4.69) is 17.4 Å². The van der Waals surface area contributed by atoms with Crippen molar-refractivity contribution in [1.29, 1.82) is 0 Å². The SMILES string of the molecule is c1ccc2c(c1)N[C@H]1CCCC[C@H]1O2. The molecule has 0 unspecified atom stereocenters. The molecule has 2 nitrogen and oxygen atoms in total. The van der Waals surface area contributed by atoms with E-state index in [1.54, 1.807) is 0 Å². The van der Waals surface area contributed by atoms with Crippen LogP contribution in [0.15, 0.2) is 24.3 Å². The molecule has 1 aliphatic heterocycles. The zero-order valence-electron chi connectivity index (χ0n) is 8.20. The maximum atomic E-state index is 5.97. The van der Waals surface area contributed by atoms with Crippen molar-refractivity contribution in [3.05, 3.63) is 24.3 Å². The van der Waals surface area contributed by atoms with E-state index < -0.39 is 0 Å². The highest BCUT2D eigenvalue weighted by Crippen LogP contribution is 2.35. The molecular weight excluding hydrogens is 174 g/mol. The standard InChI is InChI=1S/C12H15NO/c1-3-7-11-9(5-1)13-10-6-2-4-8-12(10)14-11/h1,3,5,7,10,12-13H,2,4,6,8H2/t10-,12+/m0/s1. The van der Waals surface area contributed by atoms with Crippen molar-refractivity contribution in [3.63, 3.8) is 0 Å². The number of rotatable bonds is 0. The molecule has 1 fully saturated rings. The summed E-state index contributed by atoms with van der Waals surface area (Å²) in [5, 5.41) is 3.57. The Hall–Kier alpha value is -1.18. The quantitative estimate of drug-likeness (QED) is 0.677. The Bertz CT molecular complexity index is 304. The fourth-order valence-corrected chi connectivity index (χ4v) is 2.45. The molecule has 1 aliphatic carbocycles. The molecule has 0 radical (unpaired) electrons. The van der Waals surface area contributed by atoms with E-state index >= 15 is 0 Å². The van der Waals surface area contributed by atoms with Crippen LogP contribution in [0.1, 0.15) is 25.7 Å². The first-order chi connectivity index (χ1) is 6.93. The Morgan fingerprint density at radius 2 is 2.00 bits per heavy atom. The molecule has 0 amide bonds. The van der Waals surface area contributed by atoms with Crippen molar-refractivity contribution >= 4 is 5.69 Å². The summed E-state index contributed by atoms with van der Waals surface area (Å²) < 4.78 is 5.97. The zero-order chi connectivity index (χ0) is 9.38. The first kappa shape index (κ1) is 8.16. The molecule has 2 heteroatoms. The van der Waals surface area contributed by atoms with E-state index in [-0.39, 0.29) is 0 Å². The average Bonchev–Trinajstić information content (AvgIpc) is 2.26. The van der Waals surface area contributed by atoms with Crippen LogP contribution in [0, 0.1) is 0 Å². The molecule has 14 heavy (non-hydrogen) atoms. The van der Waals surface area contributed by atoms with Gasteiger partial charge >= 0.3 is 0 Å². The maximum absolute atomic E-state index is 5.97. The second-order valence-electron chi connectivity index (χ2n) is 4.19. The van der Waals surface area contributed by atoms with Gasteiger partial charge in [0.05, 0.1) is 11.7 Å². The summed E-state index contributed by atoms with van der Waals surface area (Å²) in [6.45, 7) is 0. The first-order valence-corrected chi connectivity index (χ1v) is 5.46. The minimum Gasteiger partial charge on any atom is -0.486 e. The molecule has 0 bridgehead atoms. The van der Waals surface area contributed by atoms with E-state index in [1.165, 1.54) is 25.7 Å². The van der Waals surface area contributed by atoms with E-state index in [9.17, 15) is 0 Å². The lowest BCUT2D eigenvalue weighted by molar-refractivity contribution is 0.131. The van der Waals surface area contributed by atoms with Crippen molar-refractivity contribution in [2.45, 2.75) is 37.8 Å². The Morgan fingerprint density at radius 1 is 1.14 bits per heavy atom. The fraction of sp³-hybridized carbons (Fsp3) is 0.500. The van der Waals surface area contributed by atoms with E-state index in [4.69, 9.17) is 4.74 Å². The van der Waals surface area contributed by atoms with E-state index in [0.717, 1.165) is 11.4 Å². The number of ether oxygens (including phenoxy) is 1. The molecule has 0 spiro atoms. The molecule has 2 atom stereocenters. The smallest absolute Gasteiger partial charge is 0.142 e. The van der Waals surface area contributed by atoms with Gasteiger partial charge in [-0.1, -0.05) is 18.6 Å². The number of nitrogens with one attached hydrogen (secondary N) is 1. The number of hydrogen-bond acceptors (Lipinski definition) is 2. The predicted molar refractivity (Wildman–Crippen MR) is 56.7 cm³/mol. The third kappa shape index (κ3) is 1.26. The number of fused-ring (bicyclic) bond motifs is 2. The summed E-state index contributed by atoms with van der Waals surface area (Å²) >= 11 is 0. The Labute approximate surface area is 84.3 Å². The van der Waals surface area contributed by atoms with E-state index in [1.807, 2.05) is 12.1 Å². The molecule has 1 saturated carbocycles. The summed E-state index contributed by atoms with van der Waals surface area (Å²) in [5.41, 5.74) is 1.16. The predicted octanol–water partition coefficient (Wildman–Crippen LogP) is 2.80. The monoisotopic (exact) mass is 189 g/mol. The summed E-state index contributed by atoms with van der Waals surface area (Å²) in [6.07, 6.45) is 5.49. The number of para-hydroxylation sites is 2. The molecule has 74 valence electrons. The molecular formula is C12H15NO. The second-order valence-corrected chi connectivity index (χ2v) is 4.19. The normalized spacial score (nSPS) is 29.4. The van der Waals surface area contributed by atoms with Gasteiger partial charge in [-0.3, -0.25) is 0 Å². The van der Waals surface area contributed by atoms with Crippen molar-refractivity contribution < 1.29 is 4.74 Å². The zero-order valence-corrected chi connectivity index (χ0v) is 8.20. The van der Waals surface area contributed by atoms with Gasteiger partial charge in [0.25, 0.3) is 0 Å². The minimum absolute atomic E-state index is 0.402. The topological polar surface area (TPSA) is 21.3 Å². The van der Waals surface area contributed by atoms with Crippen LogP contribution in [0.25, 0.3) is 0 Å². The Kier molecular flexibility index (Phi) is 1.86. The molecule has 3 rings (SSSR count). The highest BCUT2D eigenvalue weighted by atomic mass is 16.5. The average molecular weight is 189 g/mol. The summed E-state index contributed by atoms with van der Waals surface area (Å²) in [6, 6.07) is 8.77. The van der Waals surface area contributed by atoms with Crippen LogP contribution in [0.4, 0.5) is 5.69 Å². The van der Waals surface area contributed by atoms with Gasteiger partial charge in [-0.05, 0) is 31.4 Å². The molecule has 1 aromatic rings.